The van der Waals surface area contributed by atoms with E-state index in [1.165, 1.54) is 24.3 Å². The van der Waals surface area contributed by atoms with Crippen molar-refractivity contribution in [3.05, 3.63) is 34.4 Å². The monoisotopic (exact) mass is 236 g/mol. The number of anilines is 1. The van der Waals surface area contributed by atoms with Gasteiger partial charge in [-0.3, -0.25) is 14.9 Å². The van der Waals surface area contributed by atoms with Crippen molar-refractivity contribution in [1.82, 2.24) is 0 Å². The summed E-state index contributed by atoms with van der Waals surface area (Å²) in [5.41, 5.74) is 0.508. The first-order chi connectivity index (χ1) is 7.78. The summed E-state index contributed by atoms with van der Waals surface area (Å²) < 4.78 is 0. The number of nitrogens with zero attached hydrogens (tertiary/aromatic N) is 1. The minimum Gasteiger partial charge on any atom is -0.326 e. The standard InChI is InChI=1S/C12H16N2O3/c1-12(2,3)8-11(15)13-9-4-6-10(7-5-9)14(16)17/h4-7H,8H2,1-3H3,(H,13,15). The molecule has 5 heteroatoms. The summed E-state index contributed by atoms with van der Waals surface area (Å²) in [5.74, 6) is -0.0913. The lowest BCUT2D eigenvalue weighted by Gasteiger charge is -2.17. The molecule has 1 rings (SSSR count). The first-order valence-electron chi connectivity index (χ1n) is 5.32. The fourth-order valence-corrected chi connectivity index (χ4v) is 1.35. The third-order valence-electron chi connectivity index (χ3n) is 2.05. The average molecular weight is 236 g/mol. The largest absolute Gasteiger partial charge is 0.326 e. The van der Waals surface area contributed by atoms with Crippen LogP contribution in [0.15, 0.2) is 24.3 Å². The number of nitro groups is 1. The zero-order valence-corrected chi connectivity index (χ0v) is 10.2. The van der Waals surface area contributed by atoms with Gasteiger partial charge in [-0.1, -0.05) is 20.8 Å². The lowest BCUT2D eigenvalue weighted by molar-refractivity contribution is -0.384. The first kappa shape index (κ1) is 13.2. The van der Waals surface area contributed by atoms with Gasteiger partial charge in [-0.2, -0.15) is 0 Å². The number of carbonyl (C=O) groups is 1. The predicted octanol–water partition coefficient (Wildman–Crippen LogP) is 2.97. The predicted molar refractivity (Wildman–Crippen MR) is 65.8 cm³/mol. The second-order valence-electron chi connectivity index (χ2n) is 5.09. The smallest absolute Gasteiger partial charge is 0.269 e. The Balaban J connectivity index is 2.64. The first-order valence-corrected chi connectivity index (χ1v) is 5.32. The highest BCUT2D eigenvalue weighted by Gasteiger charge is 2.16. The van der Waals surface area contributed by atoms with E-state index in [0.29, 0.717) is 12.1 Å². The molecule has 1 N–H and O–H groups in total. The van der Waals surface area contributed by atoms with Crippen LogP contribution >= 0.6 is 0 Å². The van der Waals surface area contributed by atoms with Crippen LogP contribution in [0.3, 0.4) is 0 Å². The molecule has 0 unspecified atom stereocenters. The molecule has 17 heavy (non-hydrogen) atoms. The number of hydrogen-bond acceptors (Lipinski definition) is 3. The number of benzene rings is 1. The number of carbonyl (C=O) groups excluding carboxylic acids is 1. The zero-order chi connectivity index (χ0) is 13.1. The molecule has 0 saturated carbocycles. The summed E-state index contributed by atoms with van der Waals surface area (Å²) in [5, 5.41) is 13.1. The van der Waals surface area contributed by atoms with Crippen molar-refractivity contribution in [1.29, 1.82) is 0 Å². The molecular formula is C12H16N2O3. The van der Waals surface area contributed by atoms with Crippen molar-refractivity contribution in [3.8, 4) is 0 Å². The van der Waals surface area contributed by atoms with Gasteiger partial charge >= 0.3 is 0 Å². The Bertz CT molecular complexity index is 418. The molecule has 0 bridgehead atoms. The molecule has 0 aliphatic heterocycles. The molecule has 0 spiro atoms. The topological polar surface area (TPSA) is 72.2 Å². The summed E-state index contributed by atoms with van der Waals surface area (Å²) >= 11 is 0. The fourth-order valence-electron chi connectivity index (χ4n) is 1.35. The quantitative estimate of drug-likeness (QED) is 0.647. The zero-order valence-electron chi connectivity index (χ0n) is 10.2. The lowest BCUT2D eigenvalue weighted by Crippen LogP contribution is -2.19. The molecule has 0 aliphatic rings. The molecule has 1 aromatic rings. The van der Waals surface area contributed by atoms with E-state index < -0.39 is 4.92 Å². The summed E-state index contributed by atoms with van der Waals surface area (Å²) in [4.78, 5) is 21.6. The highest BCUT2D eigenvalue weighted by molar-refractivity contribution is 5.91. The van der Waals surface area contributed by atoms with E-state index in [9.17, 15) is 14.9 Å². The van der Waals surface area contributed by atoms with Crippen LogP contribution in [-0.2, 0) is 4.79 Å². The van der Waals surface area contributed by atoms with E-state index in [2.05, 4.69) is 5.32 Å². The molecule has 1 amide bonds. The Morgan fingerprint density at radius 3 is 2.24 bits per heavy atom. The number of non-ortho nitro benzene ring substituents is 1. The second kappa shape index (κ2) is 4.95. The Morgan fingerprint density at radius 2 is 1.82 bits per heavy atom. The normalized spacial score (nSPS) is 11.0. The van der Waals surface area contributed by atoms with Crippen molar-refractivity contribution in [2.45, 2.75) is 27.2 Å². The second-order valence-corrected chi connectivity index (χ2v) is 5.09. The number of nitrogens with one attached hydrogen (secondary N) is 1. The molecule has 92 valence electrons. The SMILES string of the molecule is CC(C)(C)CC(=O)Nc1ccc([N+](=O)[O-])cc1. The van der Waals surface area contributed by atoms with Gasteiger partial charge in [0.05, 0.1) is 4.92 Å². The van der Waals surface area contributed by atoms with Gasteiger partial charge in [0.25, 0.3) is 5.69 Å². The van der Waals surface area contributed by atoms with Gasteiger partial charge in [-0.05, 0) is 17.5 Å². The Labute approximate surface area is 100.0 Å². The van der Waals surface area contributed by atoms with E-state index in [-0.39, 0.29) is 17.0 Å². The number of rotatable bonds is 3. The lowest BCUT2D eigenvalue weighted by atomic mass is 9.92. The summed E-state index contributed by atoms with van der Waals surface area (Å²) in [6.07, 6.45) is 0.407. The maximum Gasteiger partial charge on any atom is 0.269 e. The van der Waals surface area contributed by atoms with E-state index in [4.69, 9.17) is 0 Å². The van der Waals surface area contributed by atoms with Crippen LogP contribution in [0.25, 0.3) is 0 Å². The van der Waals surface area contributed by atoms with Gasteiger partial charge in [-0.15, -0.1) is 0 Å². The van der Waals surface area contributed by atoms with E-state index in [1.54, 1.807) is 0 Å². The van der Waals surface area contributed by atoms with Crippen LogP contribution < -0.4 is 5.32 Å². The van der Waals surface area contributed by atoms with Crippen LogP contribution in [0.5, 0.6) is 0 Å². The third kappa shape index (κ3) is 4.63. The molecule has 0 saturated heterocycles. The fraction of sp³-hybridized carbons (Fsp3) is 0.417. The molecular weight excluding hydrogens is 220 g/mol. The molecule has 0 aliphatic carbocycles. The van der Waals surface area contributed by atoms with Crippen molar-refractivity contribution >= 4 is 17.3 Å². The van der Waals surface area contributed by atoms with Crippen LogP contribution in [0.2, 0.25) is 0 Å². The van der Waals surface area contributed by atoms with Crippen molar-refractivity contribution in [2.24, 2.45) is 5.41 Å². The van der Waals surface area contributed by atoms with Gasteiger partial charge in [0.1, 0.15) is 0 Å². The maximum atomic E-state index is 11.6. The van der Waals surface area contributed by atoms with E-state index >= 15 is 0 Å². The molecule has 0 aromatic heterocycles. The number of hydrogen-bond donors (Lipinski definition) is 1. The third-order valence-corrected chi connectivity index (χ3v) is 2.05. The van der Waals surface area contributed by atoms with Crippen molar-refractivity contribution in [3.63, 3.8) is 0 Å². The van der Waals surface area contributed by atoms with Gasteiger partial charge in [0.15, 0.2) is 0 Å². The van der Waals surface area contributed by atoms with Gasteiger partial charge in [-0.25, -0.2) is 0 Å². The number of nitro benzene ring substituents is 1. The Kier molecular flexibility index (Phi) is 3.83. The summed E-state index contributed by atoms with van der Waals surface area (Å²) in [6, 6.07) is 5.79. The average Bonchev–Trinajstić information content (AvgIpc) is 2.15. The molecule has 0 heterocycles. The van der Waals surface area contributed by atoms with E-state index in [1.807, 2.05) is 20.8 Å². The minimum absolute atomic E-state index is 0.0128. The molecule has 0 radical (unpaired) electrons. The van der Waals surface area contributed by atoms with Gasteiger partial charge < -0.3 is 5.32 Å². The highest BCUT2D eigenvalue weighted by Crippen LogP contribution is 2.20. The maximum absolute atomic E-state index is 11.6. The highest BCUT2D eigenvalue weighted by atomic mass is 16.6. The molecule has 0 fully saturated rings. The molecule has 1 aromatic carbocycles. The molecule has 0 atom stereocenters. The van der Waals surface area contributed by atoms with Gasteiger partial charge in [0.2, 0.25) is 5.91 Å². The Hall–Kier alpha value is -1.91. The summed E-state index contributed by atoms with van der Waals surface area (Å²) in [7, 11) is 0. The van der Waals surface area contributed by atoms with Crippen LogP contribution in [0.4, 0.5) is 11.4 Å². The molecule has 5 nitrogen and oxygen atoms in total. The summed E-state index contributed by atoms with van der Waals surface area (Å²) in [6.45, 7) is 5.92. The van der Waals surface area contributed by atoms with Gasteiger partial charge in [0, 0.05) is 24.2 Å². The number of amides is 1. The van der Waals surface area contributed by atoms with Crippen LogP contribution in [0.1, 0.15) is 27.2 Å². The van der Waals surface area contributed by atoms with Crippen molar-refractivity contribution in [2.75, 3.05) is 5.32 Å². The van der Waals surface area contributed by atoms with Crippen LogP contribution in [0, 0.1) is 15.5 Å². The van der Waals surface area contributed by atoms with Crippen LogP contribution in [-0.4, -0.2) is 10.8 Å². The Morgan fingerprint density at radius 1 is 1.29 bits per heavy atom. The van der Waals surface area contributed by atoms with Crippen molar-refractivity contribution < 1.29 is 9.72 Å². The minimum atomic E-state index is -0.471. The van der Waals surface area contributed by atoms with E-state index in [0.717, 1.165) is 0 Å².